The second-order valence-electron chi connectivity index (χ2n) is 2.73. The Bertz CT molecular complexity index is 396. The Balaban J connectivity index is 3.03. The predicted octanol–water partition coefficient (Wildman–Crippen LogP) is 0.901. The van der Waals surface area contributed by atoms with Crippen LogP contribution < -0.4 is 4.72 Å². The number of aryl methyl sites for hydroxylation is 1. The summed E-state index contributed by atoms with van der Waals surface area (Å²) in [5.41, 5.74) is 0.610. The minimum Gasteiger partial charge on any atom is -0.267 e. The van der Waals surface area contributed by atoms with Crippen LogP contribution in [0.3, 0.4) is 0 Å². The minimum absolute atomic E-state index is 0.000000000000000444. The van der Waals surface area contributed by atoms with Crippen LogP contribution in [0.1, 0.15) is 5.56 Å². The lowest BCUT2D eigenvalue weighted by atomic mass is 10.3. The maximum atomic E-state index is 12.7. The Morgan fingerprint density at radius 3 is 2.54 bits per heavy atom. The van der Waals surface area contributed by atoms with Crippen LogP contribution >= 0.6 is 0 Å². The van der Waals surface area contributed by atoms with Gasteiger partial charge in [0.05, 0.1) is 6.26 Å². The summed E-state index contributed by atoms with van der Waals surface area (Å²) in [5.74, 6) is -0.703. The normalized spacial score (nSPS) is 11.3. The van der Waals surface area contributed by atoms with Gasteiger partial charge >= 0.3 is 0 Å². The highest BCUT2D eigenvalue weighted by molar-refractivity contribution is 7.92. The second-order valence-corrected chi connectivity index (χ2v) is 4.48. The van der Waals surface area contributed by atoms with Crippen LogP contribution in [0.25, 0.3) is 0 Å². The van der Waals surface area contributed by atoms with Crippen LogP contribution in [0.2, 0.25) is 0 Å². The highest BCUT2D eigenvalue weighted by atomic mass is 32.2. The van der Waals surface area contributed by atoms with E-state index in [0.29, 0.717) is 5.56 Å². The second kappa shape index (κ2) is 3.29. The van der Waals surface area contributed by atoms with E-state index in [1.807, 2.05) is 0 Å². The van der Waals surface area contributed by atoms with Crippen molar-refractivity contribution in [3.05, 3.63) is 23.6 Å². The molecule has 1 N–H and O–H groups in total. The van der Waals surface area contributed by atoms with Crippen molar-refractivity contribution in [1.29, 1.82) is 0 Å². The van der Waals surface area contributed by atoms with Crippen molar-refractivity contribution in [3.8, 4) is 0 Å². The maximum absolute atomic E-state index is 12.7. The van der Waals surface area contributed by atoms with Crippen LogP contribution in [-0.2, 0) is 10.0 Å². The van der Waals surface area contributed by atoms with E-state index in [0.717, 1.165) is 6.26 Å². The van der Waals surface area contributed by atoms with Crippen molar-refractivity contribution >= 4 is 15.8 Å². The van der Waals surface area contributed by atoms with E-state index >= 15 is 0 Å². The van der Waals surface area contributed by atoms with Gasteiger partial charge in [-0.1, -0.05) is 0 Å². The number of nitrogens with zero attached hydrogens (tertiary/aromatic N) is 1. The van der Waals surface area contributed by atoms with Gasteiger partial charge in [-0.2, -0.15) is 4.39 Å². The van der Waals surface area contributed by atoms with Crippen LogP contribution in [0, 0.1) is 12.9 Å². The third-order valence-electron chi connectivity index (χ3n) is 1.23. The molecule has 0 fully saturated rings. The maximum Gasteiger partial charge on any atom is 0.230 e. The van der Waals surface area contributed by atoms with Crippen molar-refractivity contribution in [2.45, 2.75) is 6.92 Å². The first-order valence-corrected chi connectivity index (χ1v) is 5.38. The summed E-state index contributed by atoms with van der Waals surface area (Å²) in [7, 11) is -3.39. The van der Waals surface area contributed by atoms with Crippen molar-refractivity contribution < 1.29 is 12.8 Å². The van der Waals surface area contributed by atoms with Crippen LogP contribution in [-0.4, -0.2) is 19.7 Å². The molecule has 0 saturated carbocycles. The average Bonchev–Trinajstić information content (AvgIpc) is 1.78. The monoisotopic (exact) mass is 204 g/mol. The molecule has 6 heteroatoms. The Labute approximate surface area is 75.9 Å². The number of aromatic nitrogens is 1. The first-order chi connectivity index (χ1) is 5.87. The smallest absolute Gasteiger partial charge is 0.230 e. The topological polar surface area (TPSA) is 59.1 Å². The molecule has 0 aromatic carbocycles. The van der Waals surface area contributed by atoms with Gasteiger partial charge in [-0.15, -0.1) is 0 Å². The molecule has 1 aromatic rings. The lowest BCUT2D eigenvalue weighted by Crippen LogP contribution is -2.11. The van der Waals surface area contributed by atoms with Gasteiger partial charge in [-0.25, -0.2) is 13.4 Å². The molecule has 0 aliphatic heterocycles. The Kier molecular flexibility index (Phi) is 2.51. The van der Waals surface area contributed by atoms with E-state index in [1.54, 1.807) is 6.92 Å². The van der Waals surface area contributed by atoms with Crippen LogP contribution in [0.4, 0.5) is 10.2 Å². The molecule has 0 unspecified atom stereocenters. The van der Waals surface area contributed by atoms with Gasteiger partial charge in [0.25, 0.3) is 0 Å². The first kappa shape index (κ1) is 9.91. The summed E-state index contributed by atoms with van der Waals surface area (Å²) in [6, 6.07) is 2.66. The summed E-state index contributed by atoms with van der Waals surface area (Å²) in [6.07, 6.45) is 0.981. The zero-order valence-electron chi connectivity index (χ0n) is 7.20. The quantitative estimate of drug-likeness (QED) is 0.728. The summed E-state index contributed by atoms with van der Waals surface area (Å²) >= 11 is 0. The molecule has 0 spiro atoms. The molecule has 0 saturated heterocycles. The minimum atomic E-state index is -3.39. The number of sulfonamides is 1. The molecular weight excluding hydrogens is 195 g/mol. The first-order valence-electron chi connectivity index (χ1n) is 3.49. The summed E-state index contributed by atoms with van der Waals surface area (Å²) in [4.78, 5) is 3.36. The molecule has 0 atom stereocenters. The number of halogens is 1. The van der Waals surface area contributed by atoms with Gasteiger partial charge in [0.15, 0.2) is 0 Å². The van der Waals surface area contributed by atoms with Gasteiger partial charge < -0.3 is 0 Å². The van der Waals surface area contributed by atoms with Crippen molar-refractivity contribution in [2.75, 3.05) is 11.0 Å². The number of pyridine rings is 1. The van der Waals surface area contributed by atoms with Crippen molar-refractivity contribution in [1.82, 2.24) is 4.98 Å². The molecule has 1 heterocycles. The molecule has 4 nitrogen and oxygen atoms in total. The third-order valence-corrected chi connectivity index (χ3v) is 1.81. The summed E-state index contributed by atoms with van der Waals surface area (Å²) in [6.45, 7) is 1.65. The van der Waals surface area contributed by atoms with Gasteiger partial charge in [0.2, 0.25) is 16.0 Å². The number of anilines is 1. The van der Waals surface area contributed by atoms with Gasteiger partial charge in [0.1, 0.15) is 5.82 Å². The standard InChI is InChI=1S/C7H9FN2O2S/c1-5-3-6(8)9-7(4-5)10-13(2,11)12/h3-4H,1-2H3,(H,9,10). The molecule has 0 radical (unpaired) electrons. The van der Waals surface area contributed by atoms with Gasteiger partial charge in [-0.05, 0) is 24.6 Å². The highest BCUT2D eigenvalue weighted by Crippen LogP contribution is 2.09. The Morgan fingerprint density at radius 2 is 2.08 bits per heavy atom. The van der Waals surface area contributed by atoms with E-state index in [4.69, 9.17) is 0 Å². The number of nitrogens with one attached hydrogen (secondary N) is 1. The van der Waals surface area contributed by atoms with Crippen LogP contribution in [0.5, 0.6) is 0 Å². The fourth-order valence-corrected chi connectivity index (χ4v) is 1.35. The molecule has 0 aliphatic rings. The van der Waals surface area contributed by atoms with Crippen molar-refractivity contribution in [3.63, 3.8) is 0 Å². The Morgan fingerprint density at radius 1 is 1.46 bits per heavy atom. The largest absolute Gasteiger partial charge is 0.267 e. The number of hydrogen-bond acceptors (Lipinski definition) is 3. The van der Waals surface area contributed by atoms with E-state index in [1.165, 1.54) is 12.1 Å². The van der Waals surface area contributed by atoms with E-state index in [9.17, 15) is 12.8 Å². The van der Waals surface area contributed by atoms with E-state index in [-0.39, 0.29) is 5.82 Å². The molecule has 0 amide bonds. The van der Waals surface area contributed by atoms with Gasteiger partial charge in [-0.3, -0.25) is 4.72 Å². The zero-order valence-corrected chi connectivity index (χ0v) is 8.02. The molecule has 1 rings (SSSR count). The fourth-order valence-electron chi connectivity index (χ4n) is 0.867. The average molecular weight is 204 g/mol. The highest BCUT2D eigenvalue weighted by Gasteiger charge is 2.04. The molecule has 0 aliphatic carbocycles. The van der Waals surface area contributed by atoms with E-state index in [2.05, 4.69) is 9.71 Å². The summed E-state index contributed by atoms with van der Waals surface area (Å²) < 4.78 is 36.2. The predicted molar refractivity (Wildman–Crippen MR) is 47.4 cm³/mol. The number of hydrogen-bond donors (Lipinski definition) is 1. The molecule has 72 valence electrons. The SMILES string of the molecule is Cc1cc(F)nc(NS(C)(=O)=O)c1. The van der Waals surface area contributed by atoms with Crippen molar-refractivity contribution in [2.24, 2.45) is 0 Å². The molecular formula is C7H9FN2O2S. The zero-order chi connectivity index (χ0) is 10.1. The van der Waals surface area contributed by atoms with Crippen LogP contribution in [0.15, 0.2) is 12.1 Å². The lowest BCUT2D eigenvalue weighted by molar-refractivity contribution is 0.584. The van der Waals surface area contributed by atoms with Gasteiger partial charge in [0, 0.05) is 0 Å². The number of rotatable bonds is 2. The lowest BCUT2D eigenvalue weighted by Gasteiger charge is -2.03. The summed E-state index contributed by atoms with van der Waals surface area (Å²) in [5, 5.41) is 0. The molecule has 1 aromatic heterocycles. The molecule has 0 bridgehead atoms. The third kappa shape index (κ3) is 3.37. The Hall–Kier alpha value is -1.17. The fraction of sp³-hybridized carbons (Fsp3) is 0.286. The van der Waals surface area contributed by atoms with E-state index < -0.39 is 16.0 Å². The molecule has 13 heavy (non-hydrogen) atoms.